The SMILES string of the molecule is C1=CC=CC=1B1C(c2ccccc2)=C(c2ccccc2)C(c2ccccc2)=C1c1ccccc1. The molecule has 0 nitrogen and oxygen atoms in total. The summed E-state index contributed by atoms with van der Waals surface area (Å²) in [6.45, 7) is 0.0882. The summed E-state index contributed by atoms with van der Waals surface area (Å²) < 4.78 is 0. The van der Waals surface area contributed by atoms with Gasteiger partial charge in [0, 0.05) is 0 Å². The van der Waals surface area contributed by atoms with Gasteiger partial charge in [0.25, 0.3) is 6.71 Å². The fraction of sp³-hybridized carbons (Fsp3) is 0. The van der Waals surface area contributed by atoms with Gasteiger partial charge in [-0.15, -0.1) is 5.73 Å². The highest BCUT2D eigenvalue weighted by atomic mass is 14.3. The molecule has 0 atom stereocenters. The van der Waals surface area contributed by atoms with Crippen LogP contribution >= 0.6 is 0 Å². The fourth-order valence-electron chi connectivity index (χ4n) is 5.20. The number of hydrogen-bond acceptors (Lipinski definition) is 0. The minimum atomic E-state index is 0.0882. The topological polar surface area (TPSA) is 0 Å². The molecule has 0 radical (unpaired) electrons. The second-order valence-corrected chi connectivity index (χ2v) is 8.60. The van der Waals surface area contributed by atoms with Gasteiger partial charge in [-0.05, 0) is 44.9 Å². The molecule has 4 aromatic carbocycles. The van der Waals surface area contributed by atoms with Crippen molar-refractivity contribution in [3.63, 3.8) is 0 Å². The van der Waals surface area contributed by atoms with E-state index < -0.39 is 0 Å². The van der Waals surface area contributed by atoms with Crippen molar-refractivity contribution in [3.05, 3.63) is 173 Å². The Kier molecular flexibility index (Phi) is 5.32. The van der Waals surface area contributed by atoms with Crippen molar-refractivity contribution < 1.29 is 0 Å². The average Bonchev–Trinajstić information content (AvgIpc) is 3.57. The molecule has 34 heavy (non-hydrogen) atoms. The second kappa shape index (κ2) is 8.91. The first-order chi connectivity index (χ1) is 16.9. The predicted molar refractivity (Wildman–Crippen MR) is 146 cm³/mol. The minimum absolute atomic E-state index is 0.0882. The summed E-state index contributed by atoms with van der Waals surface area (Å²) in [6.07, 6.45) is 6.35. The van der Waals surface area contributed by atoms with E-state index in [0.717, 1.165) is 0 Å². The zero-order valence-electron chi connectivity index (χ0n) is 18.9. The summed E-state index contributed by atoms with van der Waals surface area (Å²) in [7, 11) is 0. The molecule has 0 fully saturated rings. The smallest absolute Gasteiger partial charge is 0.126 e. The van der Waals surface area contributed by atoms with Crippen molar-refractivity contribution in [3.8, 4) is 0 Å². The molecule has 0 amide bonds. The molecule has 0 N–H and O–H groups in total. The van der Waals surface area contributed by atoms with Crippen LogP contribution in [0.1, 0.15) is 22.3 Å². The van der Waals surface area contributed by atoms with Crippen LogP contribution in [0.4, 0.5) is 0 Å². The van der Waals surface area contributed by atoms with E-state index in [1.54, 1.807) is 0 Å². The first kappa shape index (κ1) is 20.3. The van der Waals surface area contributed by atoms with Gasteiger partial charge in [-0.2, -0.15) is 0 Å². The number of allylic oxidation sites excluding steroid dienone is 5. The average molecular weight is 430 g/mol. The third kappa shape index (κ3) is 3.53. The standard InChI is InChI=1S/C33H23B/c1-5-15-25(16-6-1)30-31(26-17-7-2-8-18-26)33(28-21-11-4-12-22-28)34(29-23-13-14-24-29)32(30)27-19-9-3-10-20-27/h1-23H. The molecule has 0 aromatic heterocycles. The Hall–Kier alpha value is -4.32. The van der Waals surface area contributed by atoms with Crippen LogP contribution < -0.4 is 0 Å². The minimum Gasteiger partial charge on any atom is -0.126 e. The Labute approximate surface area is 201 Å². The summed E-state index contributed by atoms with van der Waals surface area (Å²) >= 11 is 0. The van der Waals surface area contributed by atoms with E-state index in [0.29, 0.717) is 0 Å². The van der Waals surface area contributed by atoms with Crippen LogP contribution in [0.3, 0.4) is 0 Å². The van der Waals surface area contributed by atoms with Crippen molar-refractivity contribution in [1.29, 1.82) is 0 Å². The van der Waals surface area contributed by atoms with Crippen LogP contribution in [0.15, 0.2) is 151 Å². The maximum Gasteiger partial charge on any atom is 0.254 e. The zero-order valence-corrected chi connectivity index (χ0v) is 18.9. The molecule has 4 aromatic rings. The molecule has 1 heteroatoms. The van der Waals surface area contributed by atoms with Gasteiger partial charge < -0.3 is 0 Å². The van der Waals surface area contributed by atoms with E-state index >= 15 is 0 Å². The third-order valence-corrected chi connectivity index (χ3v) is 6.59. The van der Waals surface area contributed by atoms with Gasteiger partial charge in [-0.1, -0.05) is 144 Å². The van der Waals surface area contributed by atoms with Gasteiger partial charge in [-0.25, -0.2) is 0 Å². The van der Waals surface area contributed by atoms with Crippen LogP contribution in [0.5, 0.6) is 0 Å². The first-order valence-electron chi connectivity index (χ1n) is 11.8. The Bertz CT molecular complexity index is 1380. The molecule has 0 bridgehead atoms. The van der Waals surface area contributed by atoms with Crippen LogP contribution in [-0.4, -0.2) is 6.71 Å². The predicted octanol–water partition coefficient (Wildman–Crippen LogP) is 7.99. The Morgan fingerprint density at radius 2 is 0.824 bits per heavy atom. The van der Waals surface area contributed by atoms with Gasteiger partial charge in [0.05, 0.1) is 0 Å². The van der Waals surface area contributed by atoms with Gasteiger partial charge in [0.15, 0.2) is 0 Å². The molecule has 2 aliphatic rings. The lowest BCUT2D eigenvalue weighted by Gasteiger charge is -2.17. The molecule has 158 valence electrons. The van der Waals surface area contributed by atoms with E-state index in [4.69, 9.17) is 0 Å². The van der Waals surface area contributed by atoms with Gasteiger partial charge >= 0.3 is 0 Å². The van der Waals surface area contributed by atoms with E-state index in [1.165, 1.54) is 49.8 Å². The van der Waals surface area contributed by atoms with Crippen LogP contribution in [-0.2, 0) is 0 Å². The lowest BCUT2D eigenvalue weighted by atomic mass is 9.35. The van der Waals surface area contributed by atoms with Crippen molar-refractivity contribution in [2.24, 2.45) is 0 Å². The Morgan fingerprint density at radius 3 is 1.18 bits per heavy atom. The molecule has 1 aliphatic heterocycles. The number of hydrogen-bond donors (Lipinski definition) is 0. The molecule has 0 unspecified atom stereocenters. The highest BCUT2D eigenvalue weighted by Gasteiger charge is 2.40. The van der Waals surface area contributed by atoms with Crippen molar-refractivity contribution in [2.75, 3.05) is 0 Å². The van der Waals surface area contributed by atoms with E-state index in [1.807, 2.05) is 6.08 Å². The quantitative estimate of drug-likeness (QED) is 0.222. The monoisotopic (exact) mass is 430 g/mol. The summed E-state index contributed by atoms with van der Waals surface area (Å²) in [5, 5.41) is 0. The number of rotatable bonds is 5. The van der Waals surface area contributed by atoms with E-state index in [9.17, 15) is 0 Å². The zero-order chi connectivity index (χ0) is 22.7. The normalized spacial score (nSPS) is 14.8. The van der Waals surface area contributed by atoms with E-state index in [-0.39, 0.29) is 6.71 Å². The molecular formula is C33H23B. The van der Waals surface area contributed by atoms with Crippen molar-refractivity contribution >= 4 is 28.8 Å². The molecule has 1 aliphatic carbocycles. The summed E-state index contributed by atoms with van der Waals surface area (Å²) in [5.41, 5.74) is 15.0. The van der Waals surface area contributed by atoms with E-state index in [2.05, 4.69) is 139 Å². The highest BCUT2D eigenvalue weighted by Crippen LogP contribution is 2.52. The third-order valence-electron chi connectivity index (χ3n) is 6.59. The van der Waals surface area contributed by atoms with Crippen LogP contribution in [0.25, 0.3) is 22.1 Å². The number of benzene rings is 4. The second-order valence-electron chi connectivity index (χ2n) is 8.60. The molecule has 6 rings (SSSR count). The van der Waals surface area contributed by atoms with Gasteiger partial charge in [0.1, 0.15) is 0 Å². The van der Waals surface area contributed by atoms with Gasteiger partial charge in [-0.3, -0.25) is 0 Å². The Balaban J connectivity index is 1.77. The van der Waals surface area contributed by atoms with Gasteiger partial charge in [0.2, 0.25) is 0 Å². The molecule has 0 saturated carbocycles. The van der Waals surface area contributed by atoms with Crippen LogP contribution in [0.2, 0.25) is 0 Å². The Morgan fingerprint density at radius 1 is 0.441 bits per heavy atom. The molecule has 1 heterocycles. The summed E-state index contributed by atoms with van der Waals surface area (Å²) in [4.78, 5) is 0. The fourth-order valence-corrected chi connectivity index (χ4v) is 5.20. The largest absolute Gasteiger partial charge is 0.254 e. The molecular weight excluding hydrogens is 407 g/mol. The van der Waals surface area contributed by atoms with Crippen molar-refractivity contribution in [2.45, 2.75) is 0 Å². The molecule has 0 saturated heterocycles. The maximum atomic E-state index is 3.55. The maximum absolute atomic E-state index is 3.55. The highest BCUT2D eigenvalue weighted by molar-refractivity contribution is 7.05. The summed E-state index contributed by atoms with van der Waals surface area (Å²) in [5.74, 6) is 0. The lowest BCUT2D eigenvalue weighted by Crippen LogP contribution is -2.18. The molecule has 0 spiro atoms. The van der Waals surface area contributed by atoms with Crippen LogP contribution in [0, 0.1) is 0 Å². The summed E-state index contributed by atoms with van der Waals surface area (Å²) in [6, 6.07) is 43.4. The van der Waals surface area contributed by atoms with Crippen molar-refractivity contribution in [1.82, 2.24) is 0 Å². The lowest BCUT2D eigenvalue weighted by molar-refractivity contribution is 1.58. The first-order valence-corrected chi connectivity index (χ1v) is 11.8.